The SMILES string of the molecule is CCC(N)CCN(C)C1CCC1. The number of nitrogens with two attached hydrogens (primary N) is 1. The molecule has 1 saturated carbocycles. The van der Waals surface area contributed by atoms with E-state index in [2.05, 4.69) is 18.9 Å². The lowest BCUT2D eigenvalue weighted by Gasteiger charge is -2.35. The molecule has 0 radical (unpaired) electrons. The van der Waals surface area contributed by atoms with Crippen molar-refractivity contribution in [3.63, 3.8) is 0 Å². The first kappa shape index (κ1) is 10.0. The van der Waals surface area contributed by atoms with Crippen LogP contribution < -0.4 is 5.73 Å². The molecule has 0 aromatic carbocycles. The Hall–Kier alpha value is -0.0800. The normalized spacial score (nSPS) is 21.0. The lowest BCUT2D eigenvalue weighted by Crippen LogP contribution is -2.39. The number of nitrogens with zero attached hydrogens (tertiary/aromatic N) is 1. The monoisotopic (exact) mass is 170 g/mol. The summed E-state index contributed by atoms with van der Waals surface area (Å²) in [5.41, 5.74) is 5.85. The van der Waals surface area contributed by atoms with Gasteiger partial charge in [-0.3, -0.25) is 0 Å². The lowest BCUT2D eigenvalue weighted by atomic mass is 9.91. The molecule has 0 bridgehead atoms. The van der Waals surface area contributed by atoms with E-state index >= 15 is 0 Å². The zero-order valence-corrected chi connectivity index (χ0v) is 8.42. The molecular weight excluding hydrogens is 148 g/mol. The zero-order valence-electron chi connectivity index (χ0n) is 8.42. The third-order valence-electron chi connectivity index (χ3n) is 3.08. The molecule has 2 N–H and O–H groups in total. The summed E-state index contributed by atoms with van der Waals surface area (Å²) in [5, 5.41) is 0. The molecule has 72 valence electrons. The van der Waals surface area contributed by atoms with E-state index in [1.165, 1.54) is 25.8 Å². The number of rotatable bonds is 5. The number of hydrogen-bond donors (Lipinski definition) is 1. The van der Waals surface area contributed by atoms with Crippen LogP contribution in [0.15, 0.2) is 0 Å². The summed E-state index contributed by atoms with van der Waals surface area (Å²) >= 11 is 0. The fourth-order valence-corrected chi connectivity index (χ4v) is 1.58. The van der Waals surface area contributed by atoms with Crippen molar-refractivity contribution in [1.29, 1.82) is 0 Å². The molecule has 1 aliphatic carbocycles. The second-order valence-electron chi connectivity index (χ2n) is 4.02. The fourth-order valence-electron chi connectivity index (χ4n) is 1.58. The summed E-state index contributed by atoms with van der Waals surface area (Å²) in [6, 6.07) is 1.28. The Morgan fingerprint density at radius 3 is 2.58 bits per heavy atom. The van der Waals surface area contributed by atoms with Crippen LogP contribution in [0.25, 0.3) is 0 Å². The molecule has 0 aromatic rings. The van der Waals surface area contributed by atoms with Gasteiger partial charge in [0.2, 0.25) is 0 Å². The van der Waals surface area contributed by atoms with Crippen LogP contribution in [0.1, 0.15) is 39.0 Å². The molecule has 0 saturated heterocycles. The summed E-state index contributed by atoms with van der Waals surface area (Å²) in [6.45, 7) is 3.34. The van der Waals surface area contributed by atoms with E-state index < -0.39 is 0 Å². The first-order valence-electron chi connectivity index (χ1n) is 5.20. The van der Waals surface area contributed by atoms with Gasteiger partial charge < -0.3 is 10.6 Å². The maximum atomic E-state index is 5.85. The van der Waals surface area contributed by atoms with Crippen LogP contribution >= 0.6 is 0 Å². The lowest BCUT2D eigenvalue weighted by molar-refractivity contribution is 0.155. The summed E-state index contributed by atoms with van der Waals surface area (Å²) in [4.78, 5) is 2.47. The van der Waals surface area contributed by atoms with E-state index in [4.69, 9.17) is 5.73 Å². The van der Waals surface area contributed by atoms with E-state index in [1.54, 1.807) is 0 Å². The first-order chi connectivity index (χ1) is 5.74. The average molecular weight is 170 g/mol. The third kappa shape index (κ3) is 2.76. The van der Waals surface area contributed by atoms with Crippen molar-refractivity contribution < 1.29 is 0 Å². The van der Waals surface area contributed by atoms with Crippen molar-refractivity contribution >= 4 is 0 Å². The smallest absolute Gasteiger partial charge is 0.00922 e. The van der Waals surface area contributed by atoms with Crippen molar-refractivity contribution in [2.45, 2.75) is 51.1 Å². The highest BCUT2D eigenvalue weighted by Crippen LogP contribution is 2.23. The largest absolute Gasteiger partial charge is 0.328 e. The Kier molecular flexibility index (Phi) is 4.02. The van der Waals surface area contributed by atoms with E-state index in [1.807, 2.05) is 0 Å². The summed E-state index contributed by atoms with van der Waals surface area (Å²) in [7, 11) is 2.23. The van der Waals surface area contributed by atoms with Crippen LogP contribution in [-0.2, 0) is 0 Å². The van der Waals surface area contributed by atoms with Gasteiger partial charge in [-0.15, -0.1) is 0 Å². The highest BCUT2D eigenvalue weighted by Gasteiger charge is 2.21. The molecule has 0 aromatic heterocycles. The van der Waals surface area contributed by atoms with Gasteiger partial charge in [-0.1, -0.05) is 13.3 Å². The molecule has 12 heavy (non-hydrogen) atoms. The average Bonchev–Trinajstić information content (AvgIpc) is 1.97. The zero-order chi connectivity index (χ0) is 8.97. The third-order valence-corrected chi connectivity index (χ3v) is 3.08. The van der Waals surface area contributed by atoms with Crippen LogP contribution in [0, 0.1) is 0 Å². The molecule has 1 unspecified atom stereocenters. The van der Waals surface area contributed by atoms with Gasteiger partial charge in [0.15, 0.2) is 0 Å². The quantitative estimate of drug-likeness (QED) is 0.679. The molecule has 0 spiro atoms. The molecule has 1 atom stereocenters. The van der Waals surface area contributed by atoms with Gasteiger partial charge >= 0.3 is 0 Å². The van der Waals surface area contributed by atoms with E-state index in [-0.39, 0.29) is 0 Å². The predicted octanol–water partition coefficient (Wildman–Crippen LogP) is 1.60. The highest BCUT2D eigenvalue weighted by atomic mass is 15.1. The minimum atomic E-state index is 0.410. The summed E-state index contributed by atoms with van der Waals surface area (Å²) in [5.74, 6) is 0. The standard InChI is InChI=1S/C10H22N2/c1-3-9(11)7-8-12(2)10-5-4-6-10/h9-10H,3-8,11H2,1-2H3. The molecule has 0 aliphatic heterocycles. The number of hydrogen-bond acceptors (Lipinski definition) is 2. The van der Waals surface area contributed by atoms with Crippen LogP contribution in [0.2, 0.25) is 0 Å². The molecule has 1 fully saturated rings. The van der Waals surface area contributed by atoms with Crippen molar-refractivity contribution in [3.8, 4) is 0 Å². The van der Waals surface area contributed by atoms with Gasteiger partial charge in [0.1, 0.15) is 0 Å². The van der Waals surface area contributed by atoms with Crippen molar-refractivity contribution in [3.05, 3.63) is 0 Å². The van der Waals surface area contributed by atoms with Crippen molar-refractivity contribution in [1.82, 2.24) is 4.90 Å². The highest BCUT2D eigenvalue weighted by molar-refractivity contribution is 4.78. The van der Waals surface area contributed by atoms with E-state index in [0.29, 0.717) is 6.04 Å². The van der Waals surface area contributed by atoms with Gasteiger partial charge in [0.25, 0.3) is 0 Å². The van der Waals surface area contributed by atoms with Gasteiger partial charge in [0, 0.05) is 12.1 Å². The van der Waals surface area contributed by atoms with Crippen LogP contribution in [-0.4, -0.2) is 30.6 Å². The van der Waals surface area contributed by atoms with Crippen LogP contribution in [0.4, 0.5) is 0 Å². The van der Waals surface area contributed by atoms with Gasteiger partial charge in [-0.05, 0) is 39.3 Å². The molecule has 0 amide bonds. The van der Waals surface area contributed by atoms with Gasteiger partial charge in [0.05, 0.1) is 0 Å². The molecule has 1 rings (SSSR count). The Bertz CT molecular complexity index is 121. The Morgan fingerprint density at radius 2 is 2.17 bits per heavy atom. The summed E-state index contributed by atoms with van der Waals surface area (Å²) in [6.07, 6.45) is 6.49. The minimum absolute atomic E-state index is 0.410. The fraction of sp³-hybridized carbons (Fsp3) is 1.00. The van der Waals surface area contributed by atoms with Gasteiger partial charge in [-0.25, -0.2) is 0 Å². The summed E-state index contributed by atoms with van der Waals surface area (Å²) < 4.78 is 0. The van der Waals surface area contributed by atoms with E-state index in [9.17, 15) is 0 Å². The Labute approximate surface area is 76.1 Å². The second kappa shape index (κ2) is 4.83. The molecule has 1 aliphatic rings. The van der Waals surface area contributed by atoms with E-state index in [0.717, 1.165) is 18.9 Å². The molecule has 2 nitrogen and oxygen atoms in total. The topological polar surface area (TPSA) is 29.3 Å². The first-order valence-corrected chi connectivity index (χ1v) is 5.20. The predicted molar refractivity (Wildman–Crippen MR) is 53.2 cm³/mol. The van der Waals surface area contributed by atoms with Crippen LogP contribution in [0.5, 0.6) is 0 Å². The van der Waals surface area contributed by atoms with Crippen LogP contribution in [0.3, 0.4) is 0 Å². The van der Waals surface area contributed by atoms with Gasteiger partial charge in [-0.2, -0.15) is 0 Å². The Morgan fingerprint density at radius 1 is 1.50 bits per heavy atom. The molecular formula is C10H22N2. The van der Waals surface area contributed by atoms with Crippen molar-refractivity contribution in [2.75, 3.05) is 13.6 Å². The Balaban J connectivity index is 2.05. The molecule has 2 heteroatoms. The maximum absolute atomic E-state index is 5.85. The second-order valence-corrected chi connectivity index (χ2v) is 4.02. The maximum Gasteiger partial charge on any atom is 0.00922 e. The minimum Gasteiger partial charge on any atom is -0.328 e. The molecule has 0 heterocycles. The van der Waals surface area contributed by atoms with Crippen molar-refractivity contribution in [2.24, 2.45) is 5.73 Å².